The minimum atomic E-state index is -0.591. The number of hydrogen-bond donors (Lipinski definition) is 2. The van der Waals surface area contributed by atoms with Gasteiger partial charge in [-0.1, -0.05) is 6.07 Å². The molecule has 0 atom stereocenters. The summed E-state index contributed by atoms with van der Waals surface area (Å²) in [7, 11) is 0. The smallest absolute Gasteiger partial charge is 0.323 e. The van der Waals surface area contributed by atoms with Crippen molar-refractivity contribution in [3.8, 4) is 12.1 Å². The first-order valence-corrected chi connectivity index (χ1v) is 12.3. The van der Waals surface area contributed by atoms with E-state index in [4.69, 9.17) is 9.40 Å². The Morgan fingerprint density at radius 2 is 2.06 bits per heavy atom. The second-order valence-electron chi connectivity index (χ2n) is 10.5. The average Bonchev–Trinajstić information content (AvgIpc) is 3.39. The van der Waals surface area contributed by atoms with Gasteiger partial charge in [-0.15, -0.1) is 0 Å². The number of fused-ring (bicyclic) bond motifs is 2. The summed E-state index contributed by atoms with van der Waals surface area (Å²) in [4.78, 5) is 27.0. The summed E-state index contributed by atoms with van der Waals surface area (Å²) in [5.41, 5.74) is 3.54. The Labute approximate surface area is 208 Å². The zero-order chi connectivity index (χ0) is 25.2. The fourth-order valence-corrected chi connectivity index (χ4v) is 5.06. The zero-order valence-electron chi connectivity index (χ0n) is 20.8. The topological polar surface area (TPSA) is 127 Å². The summed E-state index contributed by atoms with van der Waals surface area (Å²) in [6, 6.07) is 8.65. The van der Waals surface area contributed by atoms with Crippen LogP contribution in [0.5, 0.6) is 0 Å². The van der Waals surface area contributed by atoms with Gasteiger partial charge in [0, 0.05) is 23.5 Å². The molecule has 10 heteroatoms. The number of nitrogens with zero attached hydrogens (tertiary/aromatic N) is 6. The monoisotopic (exact) mass is 484 g/mol. The van der Waals surface area contributed by atoms with Crippen molar-refractivity contribution in [2.24, 2.45) is 0 Å². The second-order valence-corrected chi connectivity index (χ2v) is 10.5. The zero-order valence-corrected chi connectivity index (χ0v) is 20.8. The lowest BCUT2D eigenvalue weighted by Gasteiger charge is -2.34. The number of nitriles is 1. The second kappa shape index (κ2) is 7.77. The van der Waals surface area contributed by atoms with Crippen LogP contribution < -0.4 is 16.2 Å². The Balaban J connectivity index is 1.43. The van der Waals surface area contributed by atoms with Crippen LogP contribution >= 0.6 is 0 Å². The van der Waals surface area contributed by atoms with Gasteiger partial charge in [0.2, 0.25) is 5.95 Å². The van der Waals surface area contributed by atoms with Crippen LogP contribution in [0.3, 0.4) is 0 Å². The first-order chi connectivity index (χ1) is 17.2. The highest BCUT2D eigenvalue weighted by Gasteiger charge is 2.48. The van der Waals surface area contributed by atoms with Gasteiger partial charge in [0.1, 0.15) is 22.8 Å². The van der Waals surface area contributed by atoms with Crippen molar-refractivity contribution in [2.75, 3.05) is 11.9 Å². The fourth-order valence-electron chi connectivity index (χ4n) is 5.06. The number of benzene rings is 1. The predicted molar refractivity (Wildman–Crippen MR) is 135 cm³/mol. The van der Waals surface area contributed by atoms with Gasteiger partial charge in [0.15, 0.2) is 5.65 Å². The molecule has 4 heterocycles. The lowest BCUT2D eigenvalue weighted by atomic mass is 9.85. The van der Waals surface area contributed by atoms with Gasteiger partial charge in [0.25, 0.3) is 5.56 Å². The van der Waals surface area contributed by atoms with Crippen molar-refractivity contribution < 1.29 is 4.42 Å². The Bertz CT molecular complexity index is 1600. The van der Waals surface area contributed by atoms with Crippen LogP contribution in [0.4, 0.5) is 11.6 Å². The summed E-state index contributed by atoms with van der Waals surface area (Å²) in [6.07, 6.45) is 5.50. The van der Waals surface area contributed by atoms with Gasteiger partial charge in [-0.25, -0.2) is 9.67 Å². The van der Waals surface area contributed by atoms with Gasteiger partial charge in [-0.05, 0) is 76.8 Å². The molecule has 0 saturated heterocycles. The summed E-state index contributed by atoms with van der Waals surface area (Å²) in [5.74, 6) is 0.368. The molecule has 1 aromatic carbocycles. The van der Waals surface area contributed by atoms with Crippen molar-refractivity contribution in [3.63, 3.8) is 0 Å². The Morgan fingerprint density at radius 1 is 1.25 bits per heavy atom. The number of rotatable bonds is 5. The molecule has 10 nitrogen and oxygen atoms in total. The third-order valence-electron chi connectivity index (χ3n) is 7.24. The lowest BCUT2D eigenvalue weighted by molar-refractivity contribution is 0.382. The molecule has 4 aromatic rings. The number of oxazole rings is 1. The van der Waals surface area contributed by atoms with Crippen LogP contribution in [0.15, 0.2) is 39.9 Å². The standard InChI is InChI=1S/C26H28N8O2/c1-15(2)33-22(35)18-12-28-23(30-17-5-6-19-16(11-17)7-10-29-25(19,3)4)32-21(18)34(33)24-31-20(13-36-24)26(14-27)8-9-26/h5-6,11-13,15,29H,7-10H2,1-4H3,(H,28,30,32). The molecule has 0 amide bonds. The van der Waals surface area contributed by atoms with Crippen molar-refractivity contribution >= 4 is 22.7 Å². The molecular formula is C26H28N8O2. The van der Waals surface area contributed by atoms with Crippen molar-refractivity contribution in [3.05, 3.63) is 57.8 Å². The van der Waals surface area contributed by atoms with Crippen LogP contribution in [-0.4, -0.2) is 30.9 Å². The fraction of sp³-hybridized carbons (Fsp3) is 0.423. The maximum absolute atomic E-state index is 13.2. The van der Waals surface area contributed by atoms with E-state index in [1.165, 1.54) is 23.6 Å². The molecule has 1 aliphatic heterocycles. The highest BCUT2D eigenvalue weighted by molar-refractivity contribution is 5.76. The Hall–Kier alpha value is -3.97. The molecule has 0 unspecified atom stereocenters. The lowest BCUT2D eigenvalue weighted by Crippen LogP contribution is -2.42. The Kier molecular flexibility index (Phi) is 4.85. The molecule has 6 rings (SSSR count). The van der Waals surface area contributed by atoms with E-state index < -0.39 is 5.41 Å². The molecule has 2 N–H and O–H groups in total. The summed E-state index contributed by atoms with van der Waals surface area (Å²) < 4.78 is 8.93. The van der Waals surface area contributed by atoms with Gasteiger partial charge in [-0.3, -0.25) is 4.79 Å². The largest absolute Gasteiger partial charge is 0.430 e. The summed E-state index contributed by atoms with van der Waals surface area (Å²) in [6.45, 7) is 9.11. The average molecular weight is 485 g/mol. The normalized spacial score (nSPS) is 17.7. The summed E-state index contributed by atoms with van der Waals surface area (Å²) >= 11 is 0. The van der Waals surface area contributed by atoms with E-state index in [1.807, 2.05) is 19.9 Å². The minimum Gasteiger partial charge on any atom is -0.430 e. The SMILES string of the molecule is CC(C)n1c(=O)c2cnc(Nc3ccc4c(c3)CCNC4(C)C)nc2n1-c1nc(C2(C#N)CC2)co1. The van der Waals surface area contributed by atoms with Crippen LogP contribution in [0, 0.1) is 11.3 Å². The molecule has 36 heavy (non-hydrogen) atoms. The van der Waals surface area contributed by atoms with E-state index in [0.717, 1.165) is 31.5 Å². The third-order valence-corrected chi connectivity index (χ3v) is 7.24. The van der Waals surface area contributed by atoms with Crippen LogP contribution in [-0.2, 0) is 17.4 Å². The molecule has 1 aliphatic carbocycles. The number of hydrogen-bond acceptors (Lipinski definition) is 8. The maximum Gasteiger partial charge on any atom is 0.323 e. The van der Waals surface area contributed by atoms with Crippen LogP contribution in [0.25, 0.3) is 17.0 Å². The van der Waals surface area contributed by atoms with Crippen molar-refractivity contribution in [2.45, 2.75) is 64.0 Å². The molecule has 1 fully saturated rings. The van der Waals surface area contributed by atoms with Crippen LogP contribution in [0.2, 0.25) is 0 Å². The number of aromatic nitrogens is 5. The minimum absolute atomic E-state index is 0.0726. The van der Waals surface area contributed by atoms with Crippen molar-refractivity contribution in [1.29, 1.82) is 5.26 Å². The van der Waals surface area contributed by atoms with Gasteiger partial charge in [-0.2, -0.15) is 19.9 Å². The number of nitrogens with one attached hydrogen (secondary N) is 2. The van der Waals surface area contributed by atoms with Gasteiger partial charge in [0.05, 0.1) is 6.07 Å². The van der Waals surface area contributed by atoms with Gasteiger partial charge >= 0.3 is 6.01 Å². The predicted octanol–water partition coefficient (Wildman–Crippen LogP) is 3.83. The quantitative estimate of drug-likeness (QED) is 0.438. The first-order valence-electron chi connectivity index (χ1n) is 12.3. The van der Waals surface area contributed by atoms with E-state index in [1.54, 1.807) is 9.36 Å². The van der Waals surface area contributed by atoms with E-state index in [2.05, 4.69) is 52.7 Å². The van der Waals surface area contributed by atoms with E-state index in [-0.39, 0.29) is 23.2 Å². The van der Waals surface area contributed by atoms with Crippen molar-refractivity contribution in [1.82, 2.24) is 29.6 Å². The van der Waals surface area contributed by atoms with E-state index in [0.29, 0.717) is 22.7 Å². The molecule has 0 radical (unpaired) electrons. The van der Waals surface area contributed by atoms with E-state index >= 15 is 0 Å². The van der Waals surface area contributed by atoms with Gasteiger partial charge < -0.3 is 15.1 Å². The highest BCUT2D eigenvalue weighted by Crippen LogP contribution is 2.47. The molecule has 3 aromatic heterocycles. The molecule has 2 aliphatic rings. The van der Waals surface area contributed by atoms with E-state index in [9.17, 15) is 10.1 Å². The Morgan fingerprint density at radius 3 is 2.78 bits per heavy atom. The third kappa shape index (κ3) is 3.42. The molecule has 184 valence electrons. The number of anilines is 2. The summed E-state index contributed by atoms with van der Waals surface area (Å²) in [5, 5.41) is 16.8. The maximum atomic E-state index is 13.2. The highest BCUT2D eigenvalue weighted by atomic mass is 16.4. The molecule has 0 spiro atoms. The first kappa shape index (κ1) is 22.5. The van der Waals surface area contributed by atoms with Crippen LogP contribution in [0.1, 0.15) is 63.4 Å². The molecule has 0 bridgehead atoms. The molecular weight excluding hydrogens is 456 g/mol. The molecule has 1 saturated carbocycles.